The van der Waals surface area contributed by atoms with Crippen molar-refractivity contribution < 1.29 is 4.74 Å². The maximum Gasteiger partial charge on any atom is 0.0700 e. The SMILES string of the molecule is Nc1ccsc1CNCC1CCCO1. The van der Waals surface area contributed by atoms with Crippen molar-refractivity contribution in [3.63, 3.8) is 0 Å². The largest absolute Gasteiger partial charge is 0.398 e. The Morgan fingerprint density at radius 3 is 3.21 bits per heavy atom. The van der Waals surface area contributed by atoms with E-state index in [2.05, 4.69) is 5.32 Å². The molecule has 4 heteroatoms. The fourth-order valence-corrected chi connectivity index (χ4v) is 2.41. The average molecular weight is 212 g/mol. The van der Waals surface area contributed by atoms with Crippen molar-refractivity contribution in [2.75, 3.05) is 18.9 Å². The summed E-state index contributed by atoms with van der Waals surface area (Å²) in [6.07, 6.45) is 2.80. The first-order valence-corrected chi connectivity index (χ1v) is 5.88. The Morgan fingerprint density at radius 1 is 1.64 bits per heavy atom. The molecule has 1 aliphatic rings. The number of rotatable bonds is 4. The number of anilines is 1. The summed E-state index contributed by atoms with van der Waals surface area (Å²) in [4.78, 5) is 1.22. The summed E-state index contributed by atoms with van der Waals surface area (Å²) in [5.41, 5.74) is 6.67. The first kappa shape index (κ1) is 9.96. The maximum atomic E-state index is 5.77. The van der Waals surface area contributed by atoms with Crippen LogP contribution in [0.25, 0.3) is 0 Å². The molecule has 2 heterocycles. The lowest BCUT2D eigenvalue weighted by molar-refractivity contribution is 0.110. The Kier molecular flexibility index (Phi) is 3.39. The van der Waals surface area contributed by atoms with Gasteiger partial charge in [-0.1, -0.05) is 0 Å². The third-order valence-corrected chi connectivity index (χ3v) is 3.40. The third kappa shape index (κ3) is 2.47. The highest BCUT2D eigenvalue weighted by Crippen LogP contribution is 2.18. The van der Waals surface area contributed by atoms with Gasteiger partial charge in [0.2, 0.25) is 0 Å². The zero-order valence-electron chi connectivity index (χ0n) is 8.16. The molecule has 14 heavy (non-hydrogen) atoms. The Balaban J connectivity index is 1.70. The van der Waals surface area contributed by atoms with Gasteiger partial charge in [-0.2, -0.15) is 0 Å². The van der Waals surface area contributed by atoms with Crippen molar-refractivity contribution in [1.82, 2.24) is 5.32 Å². The van der Waals surface area contributed by atoms with Gasteiger partial charge in [-0.15, -0.1) is 11.3 Å². The summed E-state index contributed by atoms with van der Waals surface area (Å²) in [6, 6.07) is 1.95. The molecule has 1 saturated heterocycles. The van der Waals surface area contributed by atoms with Crippen molar-refractivity contribution in [1.29, 1.82) is 0 Å². The minimum absolute atomic E-state index is 0.413. The quantitative estimate of drug-likeness (QED) is 0.797. The molecule has 1 fully saturated rings. The topological polar surface area (TPSA) is 47.3 Å². The average Bonchev–Trinajstić information content (AvgIpc) is 2.78. The molecular formula is C10H16N2OS. The highest BCUT2D eigenvalue weighted by Gasteiger charge is 2.14. The van der Waals surface area contributed by atoms with E-state index >= 15 is 0 Å². The molecule has 0 spiro atoms. The summed E-state index contributed by atoms with van der Waals surface area (Å²) < 4.78 is 5.51. The lowest BCUT2D eigenvalue weighted by atomic mass is 10.2. The standard InChI is InChI=1S/C10H16N2OS/c11-9-3-5-14-10(9)7-12-6-8-2-1-4-13-8/h3,5,8,12H,1-2,4,6-7,11H2. The fourth-order valence-electron chi connectivity index (χ4n) is 1.65. The monoisotopic (exact) mass is 212 g/mol. The van der Waals surface area contributed by atoms with Gasteiger partial charge < -0.3 is 15.8 Å². The predicted molar refractivity (Wildman–Crippen MR) is 59.4 cm³/mol. The molecule has 1 aromatic heterocycles. The lowest BCUT2D eigenvalue weighted by Gasteiger charge is -2.09. The smallest absolute Gasteiger partial charge is 0.0700 e. The van der Waals surface area contributed by atoms with Crippen molar-refractivity contribution in [2.45, 2.75) is 25.5 Å². The maximum absolute atomic E-state index is 5.77. The molecule has 1 unspecified atom stereocenters. The van der Waals surface area contributed by atoms with Gasteiger partial charge in [-0.3, -0.25) is 0 Å². The van der Waals surface area contributed by atoms with E-state index in [0.29, 0.717) is 6.10 Å². The second kappa shape index (κ2) is 4.77. The van der Waals surface area contributed by atoms with E-state index in [1.165, 1.54) is 17.7 Å². The van der Waals surface area contributed by atoms with E-state index in [9.17, 15) is 0 Å². The van der Waals surface area contributed by atoms with Gasteiger partial charge in [0.25, 0.3) is 0 Å². The lowest BCUT2D eigenvalue weighted by Crippen LogP contribution is -2.25. The normalized spacial score (nSPS) is 21.6. The van der Waals surface area contributed by atoms with Crippen molar-refractivity contribution in [3.8, 4) is 0 Å². The summed E-state index contributed by atoms with van der Waals surface area (Å²) in [7, 11) is 0. The van der Waals surface area contributed by atoms with Crippen LogP contribution in [0.15, 0.2) is 11.4 Å². The second-order valence-corrected chi connectivity index (χ2v) is 4.57. The number of ether oxygens (including phenoxy) is 1. The Morgan fingerprint density at radius 2 is 2.57 bits per heavy atom. The molecule has 1 atom stereocenters. The van der Waals surface area contributed by atoms with Crippen molar-refractivity contribution in [2.24, 2.45) is 0 Å². The van der Waals surface area contributed by atoms with Crippen LogP contribution in [0, 0.1) is 0 Å². The highest BCUT2D eigenvalue weighted by molar-refractivity contribution is 7.10. The summed E-state index contributed by atoms with van der Waals surface area (Å²) in [5.74, 6) is 0. The van der Waals surface area contributed by atoms with Crippen LogP contribution >= 0.6 is 11.3 Å². The zero-order chi connectivity index (χ0) is 9.80. The molecule has 1 aromatic rings. The van der Waals surface area contributed by atoms with Crippen LogP contribution in [-0.4, -0.2) is 19.3 Å². The van der Waals surface area contributed by atoms with Crippen LogP contribution in [0.1, 0.15) is 17.7 Å². The van der Waals surface area contributed by atoms with Gasteiger partial charge in [-0.25, -0.2) is 0 Å². The molecule has 0 aliphatic carbocycles. The van der Waals surface area contributed by atoms with E-state index < -0.39 is 0 Å². The van der Waals surface area contributed by atoms with Crippen LogP contribution in [0.3, 0.4) is 0 Å². The van der Waals surface area contributed by atoms with Gasteiger partial charge in [0.1, 0.15) is 0 Å². The zero-order valence-corrected chi connectivity index (χ0v) is 8.98. The summed E-state index contributed by atoms with van der Waals surface area (Å²) in [6.45, 7) is 2.73. The number of nitrogens with one attached hydrogen (secondary N) is 1. The minimum Gasteiger partial charge on any atom is -0.398 e. The number of hydrogen-bond donors (Lipinski definition) is 2. The van der Waals surface area contributed by atoms with Crippen LogP contribution in [0.2, 0.25) is 0 Å². The van der Waals surface area contributed by atoms with Crippen LogP contribution in [0.4, 0.5) is 5.69 Å². The predicted octanol–water partition coefficient (Wildman–Crippen LogP) is 1.60. The number of nitrogen functional groups attached to an aromatic ring is 1. The van der Waals surface area contributed by atoms with Gasteiger partial charge in [-0.05, 0) is 24.3 Å². The highest BCUT2D eigenvalue weighted by atomic mass is 32.1. The molecule has 1 aliphatic heterocycles. The Labute approximate surface area is 88.3 Å². The molecular weight excluding hydrogens is 196 g/mol. The molecule has 0 amide bonds. The fraction of sp³-hybridized carbons (Fsp3) is 0.600. The van der Waals surface area contributed by atoms with Crippen LogP contribution in [0.5, 0.6) is 0 Å². The summed E-state index contributed by atoms with van der Waals surface area (Å²) in [5, 5.41) is 5.40. The second-order valence-electron chi connectivity index (χ2n) is 3.57. The number of thiophene rings is 1. The first-order chi connectivity index (χ1) is 6.86. The first-order valence-electron chi connectivity index (χ1n) is 5.00. The van der Waals surface area contributed by atoms with Gasteiger partial charge in [0.05, 0.1) is 6.10 Å². The number of hydrogen-bond acceptors (Lipinski definition) is 4. The third-order valence-electron chi connectivity index (χ3n) is 2.46. The van der Waals surface area contributed by atoms with Gasteiger partial charge in [0.15, 0.2) is 0 Å². The summed E-state index contributed by atoms with van der Waals surface area (Å²) >= 11 is 1.70. The minimum atomic E-state index is 0.413. The van der Waals surface area contributed by atoms with Crippen LogP contribution in [-0.2, 0) is 11.3 Å². The Hall–Kier alpha value is -0.580. The van der Waals surface area contributed by atoms with E-state index in [1.54, 1.807) is 11.3 Å². The molecule has 3 N–H and O–H groups in total. The Bertz CT molecular complexity index is 281. The van der Waals surface area contributed by atoms with E-state index in [4.69, 9.17) is 10.5 Å². The van der Waals surface area contributed by atoms with Crippen LogP contribution < -0.4 is 11.1 Å². The van der Waals surface area contributed by atoms with Gasteiger partial charge in [0, 0.05) is 30.3 Å². The van der Waals surface area contributed by atoms with Gasteiger partial charge >= 0.3 is 0 Å². The molecule has 0 radical (unpaired) electrons. The number of nitrogens with two attached hydrogens (primary N) is 1. The molecule has 0 aromatic carbocycles. The van der Waals surface area contributed by atoms with Crippen molar-refractivity contribution in [3.05, 3.63) is 16.3 Å². The van der Waals surface area contributed by atoms with Crippen molar-refractivity contribution >= 4 is 17.0 Å². The molecule has 78 valence electrons. The molecule has 3 nitrogen and oxygen atoms in total. The van der Waals surface area contributed by atoms with E-state index in [0.717, 1.165) is 25.4 Å². The van der Waals surface area contributed by atoms with E-state index in [-0.39, 0.29) is 0 Å². The molecule has 0 bridgehead atoms. The van der Waals surface area contributed by atoms with E-state index in [1.807, 2.05) is 11.4 Å². The molecule has 0 saturated carbocycles. The molecule has 2 rings (SSSR count).